The summed E-state index contributed by atoms with van der Waals surface area (Å²) in [5, 5.41) is 82.8. The van der Waals surface area contributed by atoms with E-state index in [0.29, 0.717) is 27.9 Å². The maximum Gasteiger partial charge on any atom is 0.317 e. The first-order chi connectivity index (χ1) is 68.1. The van der Waals surface area contributed by atoms with Gasteiger partial charge in [0, 0.05) is 127 Å². The van der Waals surface area contributed by atoms with Crippen molar-refractivity contribution < 1.29 is 121 Å². The number of H-pyrrole nitrogens is 2. The Bertz CT molecular complexity index is 5090. The lowest BCUT2D eigenvalue weighted by Crippen LogP contribution is -2.60. The number of amides is 18. The highest BCUT2D eigenvalue weighted by atomic mass is 32.2. The van der Waals surface area contributed by atoms with Gasteiger partial charge in [-0.15, -0.1) is 0 Å². The number of aromatic amines is 2. The van der Waals surface area contributed by atoms with E-state index in [-0.39, 0.29) is 141 Å². The van der Waals surface area contributed by atoms with Crippen LogP contribution in [0.5, 0.6) is 5.75 Å². The van der Waals surface area contributed by atoms with Gasteiger partial charge in [0.2, 0.25) is 106 Å². The number of phenolic OH excluding ortho intramolecular Hbond substituents is 1. The summed E-state index contributed by atoms with van der Waals surface area (Å²) >= 11 is 1.43. The number of hydrogen-bond acceptors (Lipinski definition) is 29. The van der Waals surface area contributed by atoms with Crippen LogP contribution in [0.15, 0.2) is 67.3 Å². The molecule has 2 aromatic heterocycles. The zero-order chi connectivity index (χ0) is 107. The molecule has 12 atom stereocenters. The Morgan fingerprint density at radius 3 is 1.46 bits per heavy atom. The molecule has 0 saturated carbocycles. The number of para-hydroxylation sites is 1. The van der Waals surface area contributed by atoms with Gasteiger partial charge in [-0.2, -0.15) is 11.8 Å². The molecule has 2 aliphatic rings. The molecule has 31 N–H and O–H groups in total. The summed E-state index contributed by atoms with van der Waals surface area (Å²) < 4.78 is 0. The van der Waals surface area contributed by atoms with Crippen molar-refractivity contribution >= 4 is 153 Å². The van der Waals surface area contributed by atoms with Crippen LogP contribution in [0.4, 0.5) is 0 Å². The lowest BCUT2D eigenvalue weighted by molar-refractivity contribution is -0.141. The van der Waals surface area contributed by atoms with Crippen LogP contribution in [0.25, 0.3) is 10.9 Å². The molecule has 4 aromatic rings. The third-order valence-corrected chi connectivity index (χ3v) is 24.0. The second-order valence-corrected chi connectivity index (χ2v) is 36.8. The molecule has 2 aromatic carbocycles. The van der Waals surface area contributed by atoms with Crippen LogP contribution >= 0.6 is 11.8 Å². The fraction of sp³-hybridized carbons (Fsp3) is 0.567. The maximum absolute atomic E-state index is 14.8. The number of imidazole rings is 1. The van der Waals surface area contributed by atoms with E-state index in [4.69, 9.17) is 34.1 Å². The minimum Gasteiger partial charge on any atom is -0.508 e. The van der Waals surface area contributed by atoms with Gasteiger partial charge in [-0.05, 0) is 111 Å². The summed E-state index contributed by atoms with van der Waals surface area (Å²) in [6.45, 7) is 5.16. The van der Waals surface area contributed by atoms with Crippen LogP contribution in [0, 0.1) is 17.2 Å². The molecular weight excluding hydrogens is 1910 g/mol. The lowest BCUT2D eigenvalue weighted by atomic mass is 10.0. The number of fused-ring (bicyclic) bond motifs is 1. The Morgan fingerprint density at radius 1 is 0.479 bits per heavy atom. The normalized spacial score (nSPS) is 16.2. The van der Waals surface area contributed by atoms with Crippen molar-refractivity contribution in [3.63, 3.8) is 0 Å². The molecule has 18 amide bonds. The lowest BCUT2D eigenvalue weighted by Gasteiger charge is -2.34. The summed E-state index contributed by atoms with van der Waals surface area (Å²) in [5.41, 5.74) is 29.6. The highest BCUT2D eigenvalue weighted by Gasteiger charge is 2.41. The third kappa shape index (κ3) is 42.2. The van der Waals surface area contributed by atoms with E-state index in [9.17, 15) is 121 Å². The summed E-state index contributed by atoms with van der Waals surface area (Å²) in [6, 6.07) is -6.24. The summed E-state index contributed by atoms with van der Waals surface area (Å²) in [5.74, 6) is -22.2. The van der Waals surface area contributed by atoms with Crippen LogP contribution in [-0.2, 0) is 120 Å². The molecule has 2 aliphatic heterocycles. The Kier molecular flexibility index (Phi) is 49.1. The number of primary amides is 4. The number of carboxylic acid groups (broad SMARTS) is 3. The summed E-state index contributed by atoms with van der Waals surface area (Å²) in [7, 11) is 0. The van der Waals surface area contributed by atoms with Crippen molar-refractivity contribution in [1.82, 2.24) is 114 Å². The van der Waals surface area contributed by atoms with Gasteiger partial charge in [0.1, 0.15) is 78.3 Å². The van der Waals surface area contributed by atoms with E-state index in [2.05, 4.69) is 89.4 Å². The molecule has 0 bridgehead atoms. The molecule has 144 heavy (non-hydrogen) atoms. The molecule has 0 unspecified atom stereocenters. The fourth-order valence-electron chi connectivity index (χ4n) is 15.7. The summed E-state index contributed by atoms with van der Waals surface area (Å²) in [4.78, 5) is 304. The molecule has 6 rings (SSSR count). The number of likely N-dealkylation sites (tertiary alicyclic amines) is 1. The number of nitrogens with zero attached hydrogens (tertiary/aromatic N) is 6. The molecule has 0 spiro atoms. The number of nitrogens with two attached hydrogens (primary N) is 5. The van der Waals surface area contributed by atoms with E-state index in [1.165, 1.54) is 66.6 Å². The van der Waals surface area contributed by atoms with Gasteiger partial charge in [-0.3, -0.25) is 126 Å². The molecule has 792 valence electrons. The number of phenols is 1. The quantitative estimate of drug-likeness (QED) is 0.0111. The molecule has 54 heteroatoms. The van der Waals surface area contributed by atoms with Crippen LogP contribution in [0.1, 0.15) is 122 Å². The van der Waals surface area contributed by atoms with Crippen molar-refractivity contribution in [3.8, 4) is 5.75 Å². The van der Waals surface area contributed by atoms with Gasteiger partial charge in [0.25, 0.3) is 0 Å². The van der Waals surface area contributed by atoms with Crippen molar-refractivity contribution in [2.24, 2.45) is 40.5 Å². The number of thioether (sulfide) groups is 1. The number of guanidine groups is 1. The Morgan fingerprint density at radius 2 is 0.951 bits per heavy atom. The van der Waals surface area contributed by atoms with Crippen molar-refractivity contribution in [3.05, 3.63) is 84.1 Å². The first-order valence-electron chi connectivity index (χ1n) is 46.9. The van der Waals surface area contributed by atoms with Gasteiger partial charge < -0.3 is 138 Å². The number of benzene rings is 2. The Balaban J connectivity index is 1.17. The Hall–Kier alpha value is -14.7. The number of carbonyl (C=O) groups excluding carboxylic acids is 18. The van der Waals surface area contributed by atoms with Crippen LogP contribution in [0.3, 0.4) is 0 Å². The van der Waals surface area contributed by atoms with E-state index in [1.807, 2.05) is 6.26 Å². The average molecular weight is 2040 g/mol. The van der Waals surface area contributed by atoms with E-state index in [0.717, 1.165) is 0 Å². The molecular formula is C90H136N28O25S. The van der Waals surface area contributed by atoms with Crippen molar-refractivity contribution in [1.29, 1.82) is 5.41 Å². The minimum absolute atomic E-state index is 0.0377. The first kappa shape index (κ1) is 118. The highest BCUT2D eigenvalue weighted by Crippen LogP contribution is 2.23. The smallest absolute Gasteiger partial charge is 0.317 e. The molecule has 2 fully saturated rings. The summed E-state index contributed by atoms with van der Waals surface area (Å²) in [6.07, 6.45) is 2.29. The topological polar surface area (TPSA) is 822 Å². The average Bonchev–Trinajstić information content (AvgIpc) is 1.64. The Labute approximate surface area is 833 Å². The third-order valence-electron chi connectivity index (χ3n) is 23.4. The molecule has 0 radical (unpaired) electrons. The van der Waals surface area contributed by atoms with Crippen molar-refractivity contribution in [2.75, 3.05) is 117 Å². The van der Waals surface area contributed by atoms with Crippen molar-refractivity contribution in [2.45, 2.75) is 197 Å². The number of aromatic nitrogens is 3. The minimum atomic E-state index is -1.99. The second kappa shape index (κ2) is 59.9. The maximum atomic E-state index is 14.8. The highest BCUT2D eigenvalue weighted by molar-refractivity contribution is 7.98. The second-order valence-electron chi connectivity index (χ2n) is 35.8. The van der Waals surface area contributed by atoms with Gasteiger partial charge in [-0.1, -0.05) is 58.0 Å². The monoisotopic (exact) mass is 2040 g/mol. The largest absolute Gasteiger partial charge is 0.508 e. The van der Waals surface area contributed by atoms with Gasteiger partial charge in [0.15, 0.2) is 5.96 Å². The number of carbonyl (C=O) groups is 21. The number of hydrogen-bond donors (Lipinski definition) is 26. The molecule has 4 heterocycles. The van der Waals surface area contributed by atoms with Crippen LogP contribution in [-0.4, -0.2) is 379 Å². The molecule has 0 aliphatic carbocycles. The number of carboxylic acids is 3. The van der Waals surface area contributed by atoms with Gasteiger partial charge in [0.05, 0.1) is 52.0 Å². The number of aromatic hydroxyl groups is 1. The zero-order valence-corrected chi connectivity index (χ0v) is 82.0. The van der Waals surface area contributed by atoms with Gasteiger partial charge >= 0.3 is 17.9 Å². The number of aliphatic carboxylic acids is 3. The van der Waals surface area contributed by atoms with Crippen LogP contribution in [0.2, 0.25) is 0 Å². The number of rotatable bonds is 59. The standard InChI is InChI=1S/C90H136N28O25S/c1-49(2)35-62(85(139)106-58(78(94)132)23-34-144-6)110-86(140)65(38-54-41-97-48-102-54)104-72(124)43-101-89(143)77(50(3)4)113-79(133)51(5)103-84(138)64(37-53-40-99-57-12-8-7-11-56(53)57)112-83(137)60(19-21-68(91)120)108-87(141)66(39-70(93)122)105-71(123)42-100-80(134)63(36-52-15-17-55(119)18-16-52)111-81(135)59(13-9-24-98-90(95)96)107-82(136)61(20-22-69(92)121)109-88(142)67-14-10-25-118(67)73(125)44-114-26-28-115(45-74(126)127)30-32-117(47-76(130)131)33-31-116(29-27-114)46-75(128)129/h7-8,11-12,15-18,40-41,48-51,58-67,77,99,119H,9-10,13-14,19-39,42-47H2,1-6H3,(H2,91,120)(H2,92,121)(H2,93,122)(H2,94,132)(H,97,102)(H,100,134)(H,101,143)(H,103,138)(H,104,124)(H,105,123)(H,106,139)(H,107,136)(H,108,141)(H,109,142)(H,110,140)(H,111,135)(H,112,137)(H,113,133)(H,126,127)(H,128,129)(H,130,131)(H4,95,96,98)/t51-,58-,59-,60-,61-,62-,63-,64-,65-,66-,67-,77-/m0/s1. The van der Waals surface area contributed by atoms with E-state index in [1.54, 1.807) is 71.6 Å². The van der Waals surface area contributed by atoms with E-state index < -0.39 is 280 Å². The fourth-order valence-corrected chi connectivity index (χ4v) is 16.2. The number of nitrogens with one attached hydrogen (secondary N) is 17. The molecule has 2 saturated heterocycles. The predicted octanol–water partition coefficient (Wildman–Crippen LogP) is -8.71. The predicted molar refractivity (Wildman–Crippen MR) is 519 cm³/mol. The first-order valence-corrected chi connectivity index (χ1v) is 48.3. The van der Waals surface area contributed by atoms with Crippen LogP contribution < -0.4 is 103 Å². The SMILES string of the molecule is CSCC[C@H](NC(=O)[C@H](CC(C)C)NC(=O)[C@H](Cc1cnc[nH]1)NC(=O)CNC(=O)[C@@H](NC(=O)[C@H](C)NC(=O)[C@H](Cc1c[nH]c2ccccc12)NC(=O)[C@H](CCC(N)=O)NC(=O)[C@H](CC(N)=O)NC(=O)CNC(=O)[C@H](Cc1ccc(O)cc1)NC(=O)[C@H](CCCNC(=N)N)NC(=O)[C@H](CCC(N)=O)NC(=O)[C@@H]1CCCN1C(=O)CN1CCN(CC(=O)O)CCN(CC(=O)O)CCN(CC(=O)O)CC1)C(C)C)C(N)=O. The van der Waals surface area contributed by atoms with E-state index >= 15 is 0 Å². The molecule has 53 nitrogen and oxygen atoms in total. The van der Waals surface area contributed by atoms with Gasteiger partial charge in [-0.25, -0.2) is 4.98 Å². The zero-order valence-electron chi connectivity index (χ0n) is 81.2.